The van der Waals surface area contributed by atoms with Gasteiger partial charge in [-0.05, 0) is 51.7 Å². The molecule has 5 nitrogen and oxygen atoms in total. The molecule has 0 fully saturated rings. The van der Waals surface area contributed by atoms with Crippen molar-refractivity contribution in [1.82, 2.24) is 10.3 Å². The zero-order valence-corrected chi connectivity index (χ0v) is 16.8. The van der Waals surface area contributed by atoms with E-state index in [1.165, 1.54) is 0 Å². The molecule has 0 aliphatic rings. The van der Waals surface area contributed by atoms with Crippen LogP contribution in [0.25, 0.3) is 10.9 Å². The SMILES string of the molecule is CCCOc1ccc(CN[C@H](Cc2c[nH]c3ccccc23)C(=O)O)cc1Br. The predicted octanol–water partition coefficient (Wildman–Crippen LogP) is 4.50. The molecule has 0 amide bonds. The number of aromatic nitrogens is 1. The Bertz CT molecular complexity index is 923. The van der Waals surface area contributed by atoms with E-state index in [-0.39, 0.29) is 0 Å². The maximum absolute atomic E-state index is 11.7. The largest absolute Gasteiger partial charge is 0.492 e. The lowest BCUT2D eigenvalue weighted by molar-refractivity contribution is -0.139. The number of carboxylic acids is 1. The second-order valence-electron chi connectivity index (χ2n) is 6.45. The monoisotopic (exact) mass is 430 g/mol. The quantitative estimate of drug-likeness (QED) is 0.466. The van der Waals surface area contributed by atoms with Gasteiger partial charge in [-0.2, -0.15) is 0 Å². The van der Waals surface area contributed by atoms with Crippen LogP contribution in [0.2, 0.25) is 0 Å². The van der Waals surface area contributed by atoms with Gasteiger partial charge in [0.15, 0.2) is 0 Å². The van der Waals surface area contributed by atoms with E-state index in [0.29, 0.717) is 19.6 Å². The van der Waals surface area contributed by atoms with Crippen molar-refractivity contribution >= 4 is 32.8 Å². The number of carbonyl (C=O) groups is 1. The van der Waals surface area contributed by atoms with E-state index in [9.17, 15) is 9.90 Å². The van der Waals surface area contributed by atoms with E-state index in [4.69, 9.17) is 4.74 Å². The highest BCUT2D eigenvalue weighted by Gasteiger charge is 2.19. The summed E-state index contributed by atoms with van der Waals surface area (Å²) in [5.74, 6) is -0.0589. The van der Waals surface area contributed by atoms with Crippen LogP contribution in [0.15, 0.2) is 53.1 Å². The highest BCUT2D eigenvalue weighted by molar-refractivity contribution is 9.10. The molecule has 1 heterocycles. The van der Waals surface area contributed by atoms with Crippen LogP contribution in [-0.2, 0) is 17.8 Å². The zero-order valence-electron chi connectivity index (χ0n) is 15.2. The van der Waals surface area contributed by atoms with Gasteiger partial charge in [0.05, 0.1) is 11.1 Å². The summed E-state index contributed by atoms with van der Waals surface area (Å²) in [4.78, 5) is 14.9. The molecule has 27 heavy (non-hydrogen) atoms. The van der Waals surface area contributed by atoms with Gasteiger partial charge >= 0.3 is 5.97 Å². The number of H-pyrrole nitrogens is 1. The van der Waals surface area contributed by atoms with Crippen molar-refractivity contribution in [3.05, 3.63) is 64.3 Å². The van der Waals surface area contributed by atoms with E-state index in [2.05, 4.69) is 33.2 Å². The highest BCUT2D eigenvalue weighted by Crippen LogP contribution is 2.26. The van der Waals surface area contributed by atoms with Crippen LogP contribution < -0.4 is 10.1 Å². The van der Waals surface area contributed by atoms with E-state index < -0.39 is 12.0 Å². The molecular formula is C21H23BrN2O3. The van der Waals surface area contributed by atoms with Crippen LogP contribution in [0, 0.1) is 0 Å². The van der Waals surface area contributed by atoms with Crippen molar-refractivity contribution in [1.29, 1.82) is 0 Å². The summed E-state index contributed by atoms with van der Waals surface area (Å²) in [6, 6.07) is 13.1. The predicted molar refractivity (Wildman–Crippen MR) is 110 cm³/mol. The van der Waals surface area contributed by atoms with Crippen LogP contribution in [0.1, 0.15) is 24.5 Å². The topological polar surface area (TPSA) is 74.3 Å². The lowest BCUT2D eigenvalue weighted by atomic mass is 10.0. The number of halogens is 1. The third kappa shape index (κ3) is 4.90. The van der Waals surface area contributed by atoms with Crippen molar-refractivity contribution in [2.75, 3.05) is 6.61 Å². The number of hydrogen-bond donors (Lipinski definition) is 3. The Morgan fingerprint density at radius 2 is 2.11 bits per heavy atom. The lowest BCUT2D eigenvalue weighted by Crippen LogP contribution is -2.38. The molecule has 0 saturated carbocycles. The summed E-state index contributed by atoms with van der Waals surface area (Å²) in [6.45, 7) is 3.19. The molecule has 142 valence electrons. The second kappa shape index (κ2) is 9.06. The molecule has 0 aliphatic heterocycles. The summed E-state index contributed by atoms with van der Waals surface area (Å²) in [6.07, 6.45) is 3.25. The van der Waals surface area contributed by atoms with E-state index >= 15 is 0 Å². The van der Waals surface area contributed by atoms with Crippen LogP contribution in [0.5, 0.6) is 5.75 Å². The van der Waals surface area contributed by atoms with E-state index in [1.54, 1.807) is 0 Å². The standard InChI is InChI=1S/C21H23BrN2O3/c1-2-9-27-20-8-7-14(10-17(20)22)12-23-19(21(25)26)11-15-13-24-18-6-4-3-5-16(15)18/h3-8,10,13,19,23-24H,2,9,11-12H2,1H3,(H,25,26)/t19-/m1/s1. The first-order chi connectivity index (χ1) is 13.1. The molecule has 0 spiro atoms. The first kappa shape index (κ1) is 19.5. The summed E-state index contributed by atoms with van der Waals surface area (Å²) in [5.41, 5.74) is 3.01. The molecular weight excluding hydrogens is 408 g/mol. The average Bonchev–Trinajstić information content (AvgIpc) is 3.07. The summed E-state index contributed by atoms with van der Waals surface area (Å²) < 4.78 is 6.52. The van der Waals surface area contributed by atoms with E-state index in [1.807, 2.05) is 48.7 Å². The van der Waals surface area contributed by atoms with Gasteiger partial charge < -0.3 is 20.1 Å². The molecule has 3 rings (SSSR count). The number of hydrogen-bond acceptors (Lipinski definition) is 3. The number of para-hydroxylation sites is 1. The number of ether oxygens (including phenoxy) is 1. The molecule has 6 heteroatoms. The Morgan fingerprint density at radius 3 is 2.85 bits per heavy atom. The van der Waals surface area contributed by atoms with Gasteiger partial charge in [0.25, 0.3) is 0 Å². The van der Waals surface area contributed by atoms with Crippen molar-refractivity contribution in [2.24, 2.45) is 0 Å². The first-order valence-corrected chi connectivity index (χ1v) is 9.80. The number of carboxylic acid groups (broad SMARTS) is 1. The third-order valence-corrected chi connectivity index (χ3v) is 5.03. The lowest BCUT2D eigenvalue weighted by Gasteiger charge is -2.15. The molecule has 0 aliphatic carbocycles. The third-order valence-electron chi connectivity index (χ3n) is 4.41. The first-order valence-electron chi connectivity index (χ1n) is 9.01. The molecule has 0 radical (unpaired) electrons. The molecule has 1 aromatic heterocycles. The van der Waals surface area contributed by atoms with Gasteiger partial charge in [0, 0.05) is 30.1 Å². The number of nitrogens with one attached hydrogen (secondary N) is 2. The molecule has 0 unspecified atom stereocenters. The van der Waals surface area contributed by atoms with Crippen LogP contribution in [0.4, 0.5) is 0 Å². The molecule has 3 aromatic rings. The maximum atomic E-state index is 11.7. The summed E-state index contributed by atoms with van der Waals surface area (Å²) in [7, 11) is 0. The minimum atomic E-state index is -0.859. The Kier molecular flexibility index (Phi) is 6.53. The minimum Gasteiger partial charge on any atom is -0.492 e. The number of aliphatic carboxylic acids is 1. The van der Waals surface area contributed by atoms with Crippen molar-refractivity contribution < 1.29 is 14.6 Å². The highest BCUT2D eigenvalue weighted by atomic mass is 79.9. The van der Waals surface area contributed by atoms with Crippen molar-refractivity contribution in [3.63, 3.8) is 0 Å². The minimum absolute atomic E-state index is 0.415. The summed E-state index contributed by atoms with van der Waals surface area (Å²) in [5, 5.41) is 13.8. The summed E-state index contributed by atoms with van der Waals surface area (Å²) >= 11 is 3.52. The van der Waals surface area contributed by atoms with E-state index in [0.717, 1.165) is 38.7 Å². The van der Waals surface area contributed by atoms with Crippen LogP contribution in [-0.4, -0.2) is 28.7 Å². The normalized spacial score (nSPS) is 12.2. The molecule has 0 saturated heterocycles. The smallest absolute Gasteiger partial charge is 0.321 e. The Balaban J connectivity index is 1.67. The zero-order chi connectivity index (χ0) is 19.2. The fourth-order valence-electron chi connectivity index (χ4n) is 2.99. The molecule has 1 atom stereocenters. The molecule has 2 aromatic carbocycles. The van der Waals surface area contributed by atoms with Gasteiger partial charge in [-0.3, -0.25) is 4.79 Å². The number of rotatable bonds is 9. The fourth-order valence-corrected chi connectivity index (χ4v) is 3.53. The number of fused-ring (bicyclic) bond motifs is 1. The molecule has 3 N–H and O–H groups in total. The Labute approximate surface area is 166 Å². The van der Waals surface area contributed by atoms with Gasteiger partial charge in [-0.15, -0.1) is 0 Å². The van der Waals surface area contributed by atoms with Crippen LogP contribution >= 0.6 is 15.9 Å². The Morgan fingerprint density at radius 1 is 1.30 bits per heavy atom. The van der Waals surface area contributed by atoms with Crippen molar-refractivity contribution in [3.8, 4) is 5.75 Å². The maximum Gasteiger partial charge on any atom is 0.321 e. The Hall–Kier alpha value is -2.31. The van der Waals surface area contributed by atoms with Gasteiger partial charge in [0.2, 0.25) is 0 Å². The van der Waals surface area contributed by atoms with Crippen molar-refractivity contribution in [2.45, 2.75) is 32.4 Å². The second-order valence-corrected chi connectivity index (χ2v) is 7.30. The van der Waals surface area contributed by atoms with Gasteiger partial charge in [-0.25, -0.2) is 0 Å². The average molecular weight is 431 g/mol. The number of aromatic amines is 1. The van der Waals surface area contributed by atoms with Gasteiger partial charge in [-0.1, -0.05) is 31.2 Å². The van der Waals surface area contributed by atoms with Gasteiger partial charge in [0.1, 0.15) is 11.8 Å². The molecule has 0 bridgehead atoms. The fraction of sp³-hybridized carbons (Fsp3) is 0.286. The number of benzene rings is 2. The van der Waals surface area contributed by atoms with Crippen LogP contribution in [0.3, 0.4) is 0 Å².